The van der Waals surface area contributed by atoms with E-state index in [1.54, 1.807) is 0 Å². The molecule has 0 unspecified atom stereocenters. The lowest BCUT2D eigenvalue weighted by atomic mass is 10.0. The first-order valence-corrected chi connectivity index (χ1v) is 6.72. The number of carbonyl (C=O) groups excluding carboxylic acids is 2. The molecule has 6 nitrogen and oxygen atoms in total. The Balaban J connectivity index is 2.05. The third kappa shape index (κ3) is 2.96. The molecule has 2 rings (SSSR count). The molecule has 1 aromatic rings. The van der Waals surface area contributed by atoms with E-state index in [1.807, 2.05) is 21.0 Å². The summed E-state index contributed by atoms with van der Waals surface area (Å²) in [7, 11) is 3.98. The van der Waals surface area contributed by atoms with Crippen molar-refractivity contribution in [1.29, 1.82) is 0 Å². The van der Waals surface area contributed by atoms with E-state index in [0.29, 0.717) is 24.6 Å². The highest BCUT2D eigenvalue weighted by Crippen LogP contribution is 2.21. The van der Waals surface area contributed by atoms with Crippen LogP contribution in [0.1, 0.15) is 40.3 Å². The third-order valence-corrected chi connectivity index (χ3v) is 3.03. The third-order valence-electron chi connectivity index (χ3n) is 3.03. The second kappa shape index (κ2) is 6.00. The van der Waals surface area contributed by atoms with Gasteiger partial charge in [-0.05, 0) is 27.1 Å². The predicted molar refractivity (Wildman–Crippen MR) is 73.8 cm³/mol. The molecule has 1 heterocycles. The van der Waals surface area contributed by atoms with Crippen molar-refractivity contribution < 1.29 is 14.0 Å². The molecule has 1 aliphatic rings. The summed E-state index contributed by atoms with van der Waals surface area (Å²) in [6.07, 6.45) is 2.75. The number of aromatic nitrogens is 1. The first-order valence-electron chi connectivity index (χ1n) is 6.72. The molecule has 0 amide bonds. The number of nitrogens with zero attached hydrogens (tertiary/aromatic N) is 2. The fourth-order valence-corrected chi connectivity index (χ4v) is 1.97. The Bertz CT molecular complexity index is 558. The van der Waals surface area contributed by atoms with Gasteiger partial charge in [-0.2, -0.15) is 0 Å². The zero-order valence-electron chi connectivity index (χ0n) is 12.0. The highest BCUT2D eigenvalue weighted by atomic mass is 16.4. The molecule has 108 valence electrons. The lowest BCUT2D eigenvalue weighted by molar-refractivity contribution is 0.0955. The second-order valence-corrected chi connectivity index (χ2v) is 4.97. The summed E-state index contributed by atoms with van der Waals surface area (Å²) in [5.41, 5.74) is 0.422. The van der Waals surface area contributed by atoms with Crippen LogP contribution in [0.25, 0.3) is 0 Å². The standard InChI is InChI=1S/C14H19N3O3/c1-4-11-16-12-10(18)8-9(13(19)14(12)20-11)15-6-5-7-17(2)3/h8,15H,4-7H2,1-3H3. The highest BCUT2D eigenvalue weighted by molar-refractivity contribution is 6.22. The van der Waals surface area contributed by atoms with Crippen LogP contribution in [0.5, 0.6) is 0 Å². The number of nitrogens with one attached hydrogen (secondary N) is 1. The Labute approximate surface area is 117 Å². The van der Waals surface area contributed by atoms with Crippen LogP contribution < -0.4 is 5.32 Å². The van der Waals surface area contributed by atoms with Crippen LogP contribution in [0.4, 0.5) is 0 Å². The van der Waals surface area contributed by atoms with Crippen molar-refractivity contribution >= 4 is 11.6 Å². The molecule has 1 aromatic heterocycles. The number of ketones is 2. The smallest absolute Gasteiger partial charge is 0.246 e. The maximum absolute atomic E-state index is 12.2. The lowest BCUT2D eigenvalue weighted by Crippen LogP contribution is -2.28. The summed E-state index contributed by atoms with van der Waals surface area (Å²) in [5.74, 6) is -0.0989. The first-order chi connectivity index (χ1) is 9.52. The van der Waals surface area contributed by atoms with E-state index >= 15 is 0 Å². The number of aryl methyl sites for hydroxylation is 1. The van der Waals surface area contributed by atoms with Crippen molar-refractivity contribution in [1.82, 2.24) is 15.2 Å². The van der Waals surface area contributed by atoms with Gasteiger partial charge in [0.1, 0.15) is 0 Å². The minimum atomic E-state index is -0.295. The molecular weight excluding hydrogens is 258 g/mol. The van der Waals surface area contributed by atoms with Gasteiger partial charge in [0.05, 0.1) is 5.70 Å². The van der Waals surface area contributed by atoms with E-state index in [9.17, 15) is 9.59 Å². The molecule has 0 spiro atoms. The summed E-state index contributed by atoms with van der Waals surface area (Å²) in [4.78, 5) is 30.2. The van der Waals surface area contributed by atoms with Crippen LogP contribution in [-0.2, 0) is 6.42 Å². The summed E-state index contributed by atoms with van der Waals surface area (Å²) in [6.45, 7) is 3.41. The van der Waals surface area contributed by atoms with Crippen LogP contribution in [0.2, 0.25) is 0 Å². The number of rotatable bonds is 6. The summed E-state index contributed by atoms with van der Waals surface area (Å²) in [6, 6.07) is 0. The van der Waals surface area contributed by atoms with Gasteiger partial charge in [0, 0.05) is 19.0 Å². The average molecular weight is 277 g/mol. The molecule has 6 heteroatoms. The molecule has 1 N–H and O–H groups in total. The van der Waals surface area contributed by atoms with Crippen LogP contribution in [0.15, 0.2) is 16.2 Å². The van der Waals surface area contributed by atoms with Gasteiger partial charge in [-0.25, -0.2) is 4.98 Å². The molecular formula is C14H19N3O3. The maximum atomic E-state index is 12.2. The van der Waals surface area contributed by atoms with Crippen LogP contribution in [0, 0.1) is 0 Å². The van der Waals surface area contributed by atoms with Crippen LogP contribution >= 0.6 is 0 Å². The van der Waals surface area contributed by atoms with Gasteiger partial charge in [0.2, 0.25) is 17.3 Å². The van der Waals surface area contributed by atoms with Crippen molar-refractivity contribution in [2.24, 2.45) is 0 Å². The van der Waals surface area contributed by atoms with E-state index in [1.165, 1.54) is 6.08 Å². The molecule has 0 saturated carbocycles. The molecule has 0 atom stereocenters. The van der Waals surface area contributed by atoms with Crippen LogP contribution in [-0.4, -0.2) is 48.6 Å². The van der Waals surface area contributed by atoms with Crippen molar-refractivity contribution in [3.8, 4) is 0 Å². The Morgan fingerprint density at radius 1 is 1.35 bits per heavy atom. The van der Waals surface area contributed by atoms with Crippen LogP contribution in [0.3, 0.4) is 0 Å². The zero-order chi connectivity index (χ0) is 14.7. The number of fused-ring (bicyclic) bond motifs is 1. The SMILES string of the molecule is CCc1nc2c(o1)C(=O)C(NCCCN(C)C)=CC2=O. The van der Waals surface area contributed by atoms with Gasteiger partial charge in [-0.15, -0.1) is 0 Å². The van der Waals surface area contributed by atoms with Gasteiger partial charge < -0.3 is 14.6 Å². The van der Waals surface area contributed by atoms with Gasteiger partial charge >= 0.3 is 0 Å². The van der Waals surface area contributed by atoms with Crippen molar-refractivity contribution in [3.63, 3.8) is 0 Å². The number of allylic oxidation sites excluding steroid dienone is 2. The van der Waals surface area contributed by atoms with Gasteiger partial charge in [-0.1, -0.05) is 6.92 Å². The van der Waals surface area contributed by atoms with E-state index in [2.05, 4.69) is 15.2 Å². The van der Waals surface area contributed by atoms with E-state index < -0.39 is 0 Å². The normalized spacial score (nSPS) is 14.5. The summed E-state index contributed by atoms with van der Waals surface area (Å²) < 4.78 is 5.34. The number of Topliss-reactive ketones (excluding diaryl/α,β-unsaturated/α-hetero) is 1. The Kier molecular flexibility index (Phi) is 4.34. The van der Waals surface area contributed by atoms with Gasteiger partial charge in [0.15, 0.2) is 11.6 Å². The predicted octanol–water partition coefficient (Wildman–Crippen LogP) is 1.04. The van der Waals surface area contributed by atoms with Crippen molar-refractivity contribution in [3.05, 3.63) is 29.1 Å². The fraction of sp³-hybridized carbons (Fsp3) is 0.500. The van der Waals surface area contributed by atoms with Crippen molar-refractivity contribution in [2.45, 2.75) is 19.8 Å². The van der Waals surface area contributed by atoms with E-state index in [0.717, 1.165) is 13.0 Å². The molecule has 0 saturated heterocycles. The number of oxazole rings is 1. The molecule has 0 bridgehead atoms. The second-order valence-electron chi connectivity index (χ2n) is 4.97. The minimum absolute atomic E-state index is 0.0597. The summed E-state index contributed by atoms with van der Waals surface area (Å²) >= 11 is 0. The molecule has 0 fully saturated rings. The Hall–Kier alpha value is -1.95. The highest BCUT2D eigenvalue weighted by Gasteiger charge is 2.31. The fourth-order valence-electron chi connectivity index (χ4n) is 1.97. The maximum Gasteiger partial charge on any atom is 0.246 e. The Morgan fingerprint density at radius 3 is 2.75 bits per heavy atom. The molecule has 20 heavy (non-hydrogen) atoms. The molecule has 1 aliphatic carbocycles. The Morgan fingerprint density at radius 2 is 2.10 bits per heavy atom. The number of hydrogen-bond donors (Lipinski definition) is 1. The molecule has 0 aliphatic heterocycles. The minimum Gasteiger partial charge on any atom is -0.436 e. The first kappa shape index (κ1) is 14.5. The van der Waals surface area contributed by atoms with Crippen molar-refractivity contribution in [2.75, 3.05) is 27.2 Å². The monoisotopic (exact) mass is 277 g/mol. The van der Waals surface area contributed by atoms with E-state index in [-0.39, 0.29) is 23.0 Å². The van der Waals surface area contributed by atoms with Gasteiger partial charge in [0.25, 0.3) is 0 Å². The average Bonchev–Trinajstić information content (AvgIpc) is 2.85. The number of carbonyl (C=O) groups is 2. The molecule has 0 aromatic carbocycles. The van der Waals surface area contributed by atoms with Gasteiger partial charge in [-0.3, -0.25) is 9.59 Å². The topological polar surface area (TPSA) is 75.4 Å². The lowest BCUT2D eigenvalue weighted by Gasteiger charge is -2.13. The largest absolute Gasteiger partial charge is 0.436 e. The quantitative estimate of drug-likeness (QED) is 0.783. The molecule has 0 radical (unpaired) electrons. The number of hydrogen-bond acceptors (Lipinski definition) is 6. The zero-order valence-corrected chi connectivity index (χ0v) is 12.0. The summed E-state index contributed by atoms with van der Waals surface area (Å²) in [5, 5.41) is 3.00. The van der Waals surface area contributed by atoms with E-state index in [4.69, 9.17) is 4.42 Å².